The first-order valence-corrected chi connectivity index (χ1v) is 10.2. The maximum absolute atomic E-state index is 13.6. The molecule has 0 radical (unpaired) electrons. The third-order valence-corrected chi connectivity index (χ3v) is 8.02. The summed E-state index contributed by atoms with van der Waals surface area (Å²) in [6.07, 6.45) is -1.29. The lowest BCUT2D eigenvalue weighted by Crippen LogP contribution is -2.86. The summed E-state index contributed by atoms with van der Waals surface area (Å²) in [5, 5.41) is 34.7. The molecule has 29 heavy (non-hydrogen) atoms. The molecular formula is C22H34O7. The summed E-state index contributed by atoms with van der Waals surface area (Å²) in [6, 6.07) is 0. The number of aliphatic hydroxyl groups excluding tert-OH is 2. The molecule has 3 aliphatic rings. The number of hydrogen-bond acceptors (Lipinski definition) is 7. The zero-order chi connectivity index (χ0) is 22.2. The van der Waals surface area contributed by atoms with Gasteiger partial charge in [0.05, 0.1) is 17.8 Å². The van der Waals surface area contributed by atoms with Crippen LogP contribution in [0.3, 0.4) is 0 Å². The first-order valence-electron chi connectivity index (χ1n) is 10.2. The van der Waals surface area contributed by atoms with Gasteiger partial charge in [0.25, 0.3) is 0 Å². The lowest BCUT2D eigenvalue weighted by Gasteiger charge is -2.71. The number of carbonyl (C=O) groups excluding carboxylic acids is 2. The Morgan fingerprint density at radius 1 is 1.24 bits per heavy atom. The van der Waals surface area contributed by atoms with Gasteiger partial charge < -0.3 is 24.8 Å². The lowest BCUT2D eigenvalue weighted by atomic mass is 9.40. The second-order valence-corrected chi connectivity index (χ2v) is 10.4. The van der Waals surface area contributed by atoms with E-state index < -0.39 is 63.6 Å². The highest BCUT2D eigenvalue weighted by Gasteiger charge is 2.81. The molecule has 2 saturated carbocycles. The lowest BCUT2D eigenvalue weighted by molar-refractivity contribution is -0.370. The first kappa shape index (κ1) is 22.4. The summed E-state index contributed by atoms with van der Waals surface area (Å²) in [6.45, 7) is 13.6. The average Bonchev–Trinajstić information content (AvgIpc) is 2.59. The number of ether oxygens (including phenoxy) is 2. The van der Waals surface area contributed by atoms with Crippen molar-refractivity contribution in [2.24, 2.45) is 16.7 Å². The van der Waals surface area contributed by atoms with Gasteiger partial charge >= 0.3 is 5.97 Å². The summed E-state index contributed by atoms with van der Waals surface area (Å²) in [4.78, 5) is 25.5. The molecule has 0 spiro atoms. The monoisotopic (exact) mass is 410 g/mol. The summed E-state index contributed by atoms with van der Waals surface area (Å²) >= 11 is 0. The second kappa shape index (κ2) is 6.36. The highest BCUT2D eigenvalue weighted by molar-refractivity contribution is 5.92. The molecule has 2 aliphatic carbocycles. The Bertz CT molecular complexity index is 747. The van der Waals surface area contributed by atoms with E-state index in [4.69, 9.17) is 9.47 Å². The van der Waals surface area contributed by atoms with Crippen LogP contribution in [-0.4, -0.2) is 62.2 Å². The fraction of sp³-hybridized carbons (Fsp3) is 0.818. The van der Waals surface area contributed by atoms with Crippen molar-refractivity contribution in [3.63, 3.8) is 0 Å². The first-order chi connectivity index (χ1) is 13.1. The minimum absolute atomic E-state index is 0.138. The van der Waals surface area contributed by atoms with Crippen molar-refractivity contribution >= 4 is 11.8 Å². The van der Waals surface area contributed by atoms with Crippen LogP contribution in [0.15, 0.2) is 12.7 Å². The number of aliphatic hydroxyl groups is 3. The Hall–Kier alpha value is -1.28. The molecule has 1 saturated heterocycles. The summed E-state index contributed by atoms with van der Waals surface area (Å²) in [7, 11) is 0. The molecule has 164 valence electrons. The minimum Gasteiger partial charge on any atom is -0.457 e. The SMILES string of the molecule is C=C[C@@]1(C)CC(=O)[C@]2(O)[C@]3(C)[C@H]([C@H](O)[C@H](OC(C)=O)[C@@]2(C)O1)C(C)(C)CC[C@@H]3O. The number of ketones is 1. The molecule has 0 bridgehead atoms. The second-order valence-electron chi connectivity index (χ2n) is 10.4. The van der Waals surface area contributed by atoms with E-state index in [1.165, 1.54) is 19.9 Å². The highest BCUT2D eigenvalue weighted by atomic mass is 16.6. The van der Waals surface area contributed by atoms with E-state index in [1.54, 1.807) is 13.8 Å². The van der Waals surface area contributed by atoms with Gasteiger partial charge in [-0.15, -0.1) is 6.58 Å². The zero-order valence-electron chi connectivity index (χ0n) is 18.2. The number of fused-ring (bicyclic) bond motifs is 3. The summed E-state index contributed by atoms with van der Waals surface area (Å²) < 4.78 is 11.8. The Morgan fingerprint density at radius 3 is 2.34 bits per heavy atom. The van der Waals surface area contributed by atoms with Gasteiger partial charge in [-0.3, -0.25) is 9.59 Å². The standard InChI is InChI=1S/C22H34O7/c1-8-19(5)11-14(25)22(27)20(6)13(24)9-10-18(3,4)16(20)15(26)17(28-12(2)23)21(22,7)29-19/h8,13,15-17,24,26-27H,1,9-11H2,2-7H3/t13-,15-,16+,17-,19-,20-,21+,22-/m0/s1. The van der Waals surface area contributed by atoms with Crippen molar-refractivity contribution in [1.82, 2.24) is 0 Å². The van der Waals surface area contributed by atoms with E-state index in [2.05, 4.69) is 6.58 Å². The molecule has 7 heteroatoms. The van der Waals surface area contributed by atoms with Crippen LogP contribution in [0.25, 0.3) is 0 Å². The summed E-state index contributed by atoms with van der Waals surface area (Å²) in [5.74, 6) is -1.87. The van der Waals surface area contributed by atoms with E-state index in [9.17, 15) is 24.9 Å². The Labute approximate surface area is 172 Å². The number of carbonyl (C=O) groups is 2. The van der Waals surface area contributed by atoms with Crippen LogP contribution in [0.4, 0.5) is 0 Å². The van der Waals surface area contributed by atoms with Gasteiger partial charge in [-0.05, 0) is 32.1 Å². The Balaban J connectivity index is 2.33. The normalized spacial score (nSPS) is 51.6. The molecule has 8 atom stereocenters. The maximum atomic E-state index is 13.6. The molecule has 1 heterocycles. The van der Waals surface area contributed by atoms with Crippen LogP contribution in [-0.2, 0) is 19.1 Å². The largest absolute Gasteiger partial charge is 0.457 e. The molecule has 0 unspecified atom stereocenters. The van der Waals surface area contributed by atoms with E-state index in [0.29, 0.717) is 12.8 Å². The van der Waals surface area contributed by atoms with Crippen molar-refractivity contribution < 1.29 is 34.4 Å². The zero-order valence-corrected chi connectivity index (χ0v) is 18.2. The van der Waals surface area contributed by atoms with E-state index in [1.807, 2.05) is 13.8 Å². The molecule has 3 rings (SSSR count). The van der Waals surface area contributed by atoms with Crippen LogP contribution in [0, 0.1) is 16.7 Å². The summed E-state index contributed by atoms with van der Waals surface area (Å²) in [5.41, 5.74) is -7.00. The quantitative estimate of drug-likeness (QED) is 0.467. The molecular weight excluding hydrogens is 376 g/mol. The number of esters is 1. The molecule has 3 fully saturated rings. The van der Waals surface area contributed by atoms with Gasteiger partial charge in [-0.2, -0.15) is 0 Å². The van der Waals surface area contributed by atoms with Gasteiger partial charge in [0, 0.05) is 24.7 Å². The van der Waals surface area contributed by atoms with Gasteiger partial charge in [-0.25, -0.2) is 0 Å². The Kier molecular flexibility index (Phi) is 4.91. The predicted octanol–water partition coefficient (Wildman–Crippen LogP) is 1.52. The molecule has 0 aromatic heterocycles. The Morgan fingerprint density at radius 2 is 1.83 bits per heavy atom. The third-order valence-electron chi connectivity index (χ3n) is 8.02. The topological polar surface area (TPSA) is 113 Å². The molecule has 0 aromatic rings. The predicted molar refractivity (Wildman–Crippen MR) is 105 cm³/mol. The van der Waals surface area contributed by atoms with Gasteiger partial charge in [0.15, 0.2) is 17.5 Å². The maximum Gasteiger partial charge on any atom is 0.303 e. The molecule has 0 amide bonds. The number of Topliss-reactive ketones (excluding diaryl/α,β-unsaturated/α-hetero) is 1. The van der Waals surface area contributed by atoms with Crippen LogP contribution in [0.1, 0.15) is 60.8 Å². The highest BCUT2D eigenvalue weighted by Crippen LogP contribution is 2.66. The van der Waals surface area contributed by atoms with E-state index in [-0.39, 0.29) is 6.42 Å². The molecule has 7 nitrogen and oxygen atoms in total. The van der Waals surface area contributed by atoms with E-state index >= 15 is 0 Å². The van der Waals surface area contributed by atoms with Crippen LogP contribution in [0.5, 0.6) is 0 Å². The van der Waals surface area contributed by atoms with Crippen LogP contribution in [0.2, 0.25) is 0 Å². The van der Waals surface area contributed by atoms with Crippen LogP contribution < -0.4 is 0 Å². The molecule has 1 aliphatic heterocycles. The number of hydrogen-bond donors (Lipinski definition) is 3. The fourth-order valence-corrected chi connectivity index (χ4v) is 6.66. The fourth-order valence-electron chi connectivity index (χ4n) is 6.66. The molecule has 3 N–H and O–H groups in total. The van der Waals surface area contributed by atoms with Gasteiger partial charge in [0.2, 0.25) is 0 Å². The van der Waals surface area contributed by atoms with Crippen LogP contribution >= 0.6 is 0 Å². The van der Waals surface area contributed by atoms with Crippen molar-refractivity contribution in [3.8, 4) is 0 Å². The van der Waals surface area contributed by atoms with Crippen molar-refractivity contribution in [3.05, 3.63) is 12.7 Å². The third kappa shape index (κ3) is 2.63. The van der Waals surface area contributed by atoms with Crippen molar-refractivity contribution in [2.45, 2.75) is 95.9 Å². The molecule has 0 aromatic carbocycles. The van der Waals surface area contributed by atoms with Crippen molar-refractivity contribution in [2.75, 3.05) is 0 Å². The van der Waals surface area contributed by atoms with Gasteiger partial charge in [0.1, 0.15) is 5.60 Å². The van der Waals surface area contributed by atoms with Crippen molar-refractivity contribution in [1.29, 1.82) is 0 Å². The number of rotatable bonds is 2. The minimum atomic E-state index is -2.18. The smallest absolute Gasteiger partial charge is 0.303 e. The van der Waals surface area contributed by atoms with Gasteiger partial charge in [-0.1, -0.05) is 26.8 Å². The average molecular weight is 411 g/mol. The van der Waals surface area contributed by atoms with E-state index in [0.717, 1.165) is 0 Å².